The Bertz CT molecular complexity index is 430. The lowest BCUT2D eigenvalue weighted by Gasteiger charge is -2.13. The molecule has 0 aliphatic carbocycles. The van der Waals surface area contributed by atoms with Gasteiger partial charge in [-0.25, -0.2) is 0 Å². The van der Waals surface area contributed by atoms with Crippen LogP contribution in [0.3, 0.4) is 0 Å². The summed E-state index contributed by atoms with van der Waals surface area (Å²) in [5, 5.41) is 9.54. The minimum Gasteiger partial charge on any atom is -0.508 e. The van der Waals surface area contributed by atoms with Gasteiger partial charge in [0.1, 0.15) is 11.5 Å². The third-order valence-electron chi connectivity index (χ3n) is 3.02. The van der Waals surface area contributed by atoms with Crippen molar-refractivity contribution in [1.82, 2.24) is 4.90 Å². The van der Waals surface area contributed by atoms with Crippen molar-refractivity contribution in [3.8, 4) is 11.5 Å². The zero-order valence-corrected chi connectivity index (χ0v) is 12.7. The molecule has 4 nitrogen and oxygen atoms in total. The van der Waals surface area contributed by atoms with Crippen molar-refractivity contribution >= 4 is 5.97 Å². The Hall–Kier alpha value is -1.55. The molecule has 112 valence electrons. The third kappa shape index (κ3) is 6.06. The van der Waals surface area contributed by atoms with Gasteiger partial charge in [0.15, 0.2) is 0 Å². The molecule has 0 amide bonds. The van der Waals surface area contributed by atoms with E-state index in [0.29, 0.717) is 5.75 Å². The molecular weight excluding hydrogens is 254 g/mol. The average molecular weight is 279 g/mol. The number of aryl methyl sites for hydroxylation is 1. The van der Waals surface area contributed by atoms with Crippen molar-refractivity contribution in [2.45, 2.75) is 39.0 Å². The highest BCUT2D eigenvalue weighted by atomic mass is 16.5. The number of hydrogen-bond donors (Lipinski definition) is 1. The summed E-state index contributed by atoms with van der Waals surface area (Å²) in [6.07, 6.45) is 5.51. The van der Waals surface area contributed by atoms with Crippen molar-refractivity contribution < 1.29 is 14.6 Å². The van der Waals surface area contributed by atoms with Gasteiger partial charge in [-0.2, -0.15) is 0 Å². The first-order valence-corrected chi connectivity index (χ1v) is 7.20. The maximum absolute atomic E-state index is 11.7. The van der Waals surface area contributed by atoms with Crippen LogP contribution in [0.25, 0.3) is 0 Å². The fraction of sp³-hybridized carbons (Fsp3) is 0.562. The Labute approximate surface area is 121 Å². The maximum Gasteiger partial charge on any atom is 0.325 e. The summed E-state index contributed by atoms with van der Waals surface area (Å²) in [5.74, 6) is 0.290. The number of phenols is 1. The van der Waals surface area contributed by atoms with Gasteiger partial charge in [-0.1, -0.05) is 32.3 Å². The van der Waals surface area contributed by atoms with Gasteiger partial charge in [-0.05, 0) is 38.6 Å². The first-order valence-electron chi connectivity index (χ1n) is 7.20. The van der Waals surface area contributed by atoms with Crippen molar-refractivity contribution in [1.29, 1.82) is 0 Å². The zero-order valence-electron chi connectivity index (χ0n) is 12.7. The Balaban J connectivity index is 2.67. The molecule has 0 unspecified atom stereocenters. The Morgan fingerprint density at radius 1 is 1.25 bits per heavy atom. The molecule has 1 aromatic rings. The van der Waals surface area contributed by atoms with Crippen LogP contribution >= 0.6 is 0 Å². The van der Waals surface area contributed by atoms with E-state index in [2.05, 4.69) is 6.92 Å². The van der Waals surface area contributed by atoms with E-state index in [4.69, 9.17) is 4.74 Å². The summed E-state index contributed by atoms with van der Waals surface area (Å²) in [5.41, 5.74) is 0.978. The average Bonchev–Trinajstić information content (AvgIpc) is 2.35. The van der Waals surface area contributed by atoms with E-state index in [9.17, 15) is 9.90 Å². The summed E-state index contributed by atoms with van der Waals surface area (Å²) >= 11 is 0. The number of likely N-dealkylation sites (N-methyl/N-ethyl adjacent to an activating group) is 1. The van der Waals surface area contributed by atoms with Crippen LogP contribution in [-0.2, 0) is 11.2 Å². The number of unbranched alkanes of at least 4 members (excludes halogenated alkanes) is 3. The van der Waals surface area contributed by atoms with Crippen molar-refractivity contribution in [3.63, 3.8) is 0 Å². The van der Waals surface area contributed by atoms with E-state index < -0.39 is 0 Å². The normalized spacial score (nSPS) is 10.8. The van der Waals surface area contributed by atoms with Gasteiger partial charge >= 0.3 is 5.97 Å². The van der Waals surface area contributed by atoms with Gasteiger partial charge < -0.3 is 9.84 Å². The molecule has 0 fully saturated rings. The summed E-state index contributed by atoms with van der Waals surface area (Å²) in [7, 11) is 3.63. The van der Waals surface area contributed by atoms with Crippen LogP contribution in [0.2, 0.25) is 0 Å². The van der Waals surface area contributed by atoms with Gasteiger partial charge in [0.25, 0.3) is 0 Å². The number of carbonyl (C=O) groups is 1. The molecule has 0 aliphatic heterocycles. The topological polar surface area (TPSA) is 49.8 Å². The number of hydrogen-bond acceptors (Lipinski definition) is 4. The van der Waals surface area contributed by atoms with Crippen molar-refractivity contribution in [3.05, 3.63) is 23.8 Å². The molecule has 1 N–H and O–H groups in total. The highest BCUT2D eigenvalue weighted by Crippen LogP contribution is 2.26. The van der Waals surface area contributed by atoms with E-state index in [1.165, 1.54) is 25.3 Å². The number of rotatable bonds is 8. The first-order chi connectivity index (χ1) is 9.52. The van der Waals surface area contributed by atoms with Gasteiger partial charge in [0.2, 0.25) is 0 Å². The van der Waals surface area contributed by atoms with Crippen LogP contribution in [0, 0.1) is 0 Å². The van der Waals surface area contributed by atoms with Crippen molar-refractivity contribution in [2.75, 3.05) is 20.6 Å². The number of carbonyl (C=O) groups excluding carboxylic acids is 1. The molecule has 0 bridgehead atoms. The Morgan fingerprint density at radius 2 is 2.00 bits per heavy atom. The number of benzene rings is 1. The molecule has 0 atom stereocenters. The molecule has 0 radical (unpaired) electrons. The quantitative estimate of drug-likeness (QED) is 0.451. The molecule has 4 heteroatoms. The van der Waals surface area contributed by atoms with E-state index in [0.717, 1.165) is 18.4 Å². The smallest absolute Gasteiger partial charge is 0.325 e. The van der Waals surface area contributed by atoms with Gasteiger partial charge in [-0.15, -0.1) is 0 Å². The molecular formula is C16H25NO3. The number of nitrogens with zero attached hydrogens (tertiary/aromatic N) is 1. The number of phenolic OH excluding ortho intramolecular Hbond substituents is 1. The molecule has 1 aromatic carbocycles. The van der Waals surface area contributed by atoms with Gasteiger partial charge in [0, 0.05) is 6.07 Å². The number of ether oxygens (including phenoxy) is 1. The lowest BCUT2D eigenvalue weighted by atomic mass is 10.1. The largest absolute Gasteiger partial charge is 0.508 e. The Morgan fingerprint density at radius 3 is 2.65 bits per heavy atom. The lowest BCUT2D eigenvalue weighted by Crippen LogP contribution is -2.25. The second-order valence-corrected chi connectivity index (χ2v) is 5.31. The summed E-state index contributed by atoms with van der Waals surface area (Å²) < 4.78 is 5.35. The second-order valence-electron chi connectivity index (χ2n) is 5.31. The van der Waals surface area contributed by atoms with E-state index in [1.54, 1.807) is 11.0 Å². The fourth-order valence-corrected chi connectivity index (χ4v) is 2.00. The Kier molecular flexibility index (Phi) is 7.09. The van der Waals surface area contributed by atoms with Crippen LogP contribution < -0.4 is 4.74 Å². The summed E-state index contributed by atoms with van der Waals surface area (Å²) in [6.45, 7) is 2.40. The summed E-state index contributed by atoms with van der Waals surface area (Å²) in [6, 6.07) is 4.99. The maximum atomic E-state index is 11.7. The van der Waals surface area contributed by atoms with E-state index in [-0.39, 0.29) is 18.3 Å². The molecule has 20 heavy (non-hydrogen) atoms. The molecule has 0 aromatic heterocycles. The summed E-state index contributed by atoms with van der Waals surface area (Å²) in [4.78, 5) is 13.5. The van der Waals surface area contributed by atoms with Gasteiger partial charge in [-0.3, -0.25) is 9.69 Å². The molecule has 1 rings (SSSR count). The molecule has 0 heterocycles. The van der Waals surface area contributed by atoms with Gasteiger partial charge in [0.05, 0.1) is 6.54 Å². The van der Waals surface area contributed by atoms with Crippen molar-refractivity contribution in [2.24, 2.45) is 0 Å². The lowest BCUT2D eigenvalue weighted by molar-refractivity contribution is -0.135. The molecule has 0 spiro atoms. The first kappa shape index (κ1) is 16.5. The molecule has 0 saturated carbocycles. The van der Waals surface area contributed by atoms with E-state index >= 15 is 0 Å². The van der Waals surface area contributed by atoms with Crippen LogP contribution in [0.4, 0.5) is 0 Å². The fourth-order valence-electron chi connectivity index (χ4n) is 2.00. The van der Waals surface area contributed by atoms with Crippen LogP contribution in [0.5, 0.6) is 11.5 Å². The SMILES string of the molecule is CCCCCCc1ccc(O)cc1OC(=O)CN(C)C. The third-order valence-corrected chi connectivity index (χ3v) is 3.02. The van der Waals surface area contributed by atoms with Crippen LogP contribution in [-0.4, -0.2) is 36.6 Å². The highest BCUT2D eigenvalue weighted by Gasteiger charge is 2.11. The standard InChI is InChI=1S/C16H25NO3/c1-4-5-6-7-8-13-9-10-14(18)11-15(13)20-16(19)12-17(2)3/h9-11,18H,4-8,12H2,1-3H3. The predicted octanol–water partition coefficient (Wildman–Crippen LogP) is 2.98. The predicted molar refractivity (Wildman–Crippen MR) is 80.1 cm³/mol. The molecule has 0 saturated heterocycles. The van der Waals surface area contributed by atoms with E-state index in [1.807, 2.05) is 20.2 Å². The number of aromatic hydroxyl groups is 1. The minimum atomic E-state index is -0.310. The minimum absolute atomic E-state index is 0.120. The number of esters is 1. The second kappa shape index (κ2) is 8.59. The molecule has 0 aliphatic rings. The monoisotopic (exact) mass is 279 g/mol. The zero-order chi connectivity index (χ0) is 15.0. The highest BCUT2D eigenvalue weighted by molar-refractivity contribution is 5.75. The van der Waals surface area contributed by atoms with Crippen LogP contribution in [0.15, 0.2) is 18.2 Å². The van der Waals surface area contributed by atoms with Crippen LogP contribution in [0.1, 0.15) is 38.2 Å².